The van der Waals surface area contributed by atoms with Crippen molar-refractivity contribution in [3.8, 4) is 22.6 Å². The maximum atomic E-state index is 6.96. The minimum atomic E-state index is -2.85. The molecule has 3 heteroatoms. The van der Waals surface area contributed by atoms with Crippen LogP contribution in [0.1, 0.15) is 22.3 Å². The van der Waals surface area contributed by atoms with Crippen molar-refractivity contribution in [3.05, 3.63) is 259 Å². The third kappa shape index (κ3) is 5.04. The second-order valence-electron chi connectivity index (χ2n) is 15.2. The van der Waals surface area contributed by atoms with Crippen LogP contribution in [0.5, 0.6) is 11.5 Å². The number of rotatable bonds is 6. The van der Waals surface area contributed by atoms with Crippen LogP contribution in [0.2, 0.25) is 0 Å². The molecule has 2 heterocycles. The highest BCUT2D eigenvalue weighted by molar-refractivity contribution is 7.20. The number of fused-ring (bicyclic) bond motifs is 8. The van der Waals surface area contributed by atoms with Crippen LogP contribution < -0.4 is 30.4 Å². The zero-order valence-corrected chi connectivity index (χ0v) is 32.9. The van der Waals surface area contributed by atoms with Gasteiger partial charge in [0, 0.05) is 28.2 Å². The highest BCUT2D eigenvalue weighted by atomic mass is 28.3. The summed E-state index contributed by atoms with van der Waals surface area (Å²) in [6.07, 6.45) is 0. The Kier molecular flexibility index (Phi) is 8.09. The van der Waals surface area contributed by atoms with Gasteiger partial charge in [-0.05, 0) is 91.5 Å². The lowest BCUT2D eigenvalue weighted by atomic mass is 9.63. The Hall–Kier alpha value is -7.20. The van der Waals surface area contributed by atoms with Crippen molar-refractivity contribution in [3.63, 3.8) is 0 Å². The number of hydrogen-bond acceptors (Lipinski definition) is 2. The number of anilines is 3. The van der Waals surface area contributed by atoms with Crippen molar-refractivity contribution in [1.82, 2.24) is 0 Å². The van der Waals surface area contributed by atoms with Gasteiger partial charge < -0.3 is 9.64 Å². The molecule has 0 atom stereocenters. The van der Waals surface area contributed by atoms with Crippen LogP contribution in [0, 0.1) is 0 Å². The first-order chi connectivity index (χ1) is 28.8. The summed E-state index contributed by atoms with van der Waals surface area (Å²) >= 11 is 0. The monoisotopic (exact) mass is 757 g/mol. The van der Waals surface area contributed by atoms with E-state index in [1.165, 1.54) is 43.0 Å². The molecule has 0 unspecified atom stereocenters. The molecule has 2 nitrogen and oxygen atoms in total. The predicted molar refractivity (Wildman–Crippen MR) is 242 cm³/mol. The zero-order chi connectivity index (χ0) is 38.5. The summed E-state index contributed by atoms with van der Waals surface area (Å²) in [4.78, 5) is 2.37. The van der Waals surface area contributed by atoms with Crippen LogP contribution >= 0.6 is 0 Å². The maximum Gasteiger partial charge on any atom is 0.180 e. The molecule has 2 aliphatic rings. The summed E-state index contributed by atoms with van der Waals surface area (Å²) < 4.78 is 6.96. The number of nitrogens with zero attached hydrogens (tertiary/aromatic N) is 1. The fourth-order valence-electron chi connectivity index (χ4n) is 9.94. The van der Waals surface area contributed by atoms with Gasteiger partial charge in [-0.2, -0.15) is 0 Å². The molecule has 274 valence electrons. The van der Waals surface area contributed by atoms with Gasteiger partial charge in [0.2, 0.25) is 0 Å². The molecule has 9 aromatic carbocycles. The van der Waals surface area contributed by atoms with E-state index in [1.807, 2.05) is 0 Å². The van der Waals surface area contributed by atoms with Crippen LogP contribution in [0.25, 0.3) is 11.1 Å². The Balaban J connectivity index is 1.21. The van der Waals surface area contributed by atoms with Crippen LogP contribution in [-0.2, 0) is 5.41 Å². The Morgan fingerprint density at radius 2 is 0.759 bits per heavy atom. The first-order valence-electron chi connectivity index (χ1n) is 20.0. The molecular formula is C55H39NOSi. The van der Waals surface area contributed by atoms with Gasteiger partial charge in [0.05, 0.1) is 5.41 Å². The van der Waals surface area contributed by atoms with Gasteiger partial charge in [-0.1, -0.05) is 188 Å². The van der Waals surface area contributed by atoms with Crippen LogP contribution in [0.3, 0.4) is 0 Å². The molecule has 0 fully saturated rings. The van der Waals surface area contributed by atoms with Crippen molar-refractivity contribution in [2.75, 3.05) is 4.90 Å². The van der Waals surface area contributed by atoms with E-state index in [0.717, 1.165) is 39.7 Å². The van der Waals surface area contributed by atoms with E-state index in [1.54, 1.807) is 0 Å². The minimum absolute atomic E-state index is 0.674. The second kappa shape index (κ2) is 13.8. The van der Waals surface area contributed by atoms with E-state index in [4.69, 9.17) is 4.74 Å². The van der Waals surface area contributed by atoms with Crippen LogP contribution in [0.4, 0.5) is 17.1 Å². The molecule has 0 saturated carbocycles. The lowest BCUT2D eigenvalue weighted by Gasteiger charge is -2.51. The largest absolute Gasteiger partial charge is 0.457 e. The van der Waals surface area contributed by atoms with Gasteiger partial charge in [0.1, 0.15) is 11.5 Å². The predicted octanol–water partition coefficient (Wildman–Crippen LogP) is 11.0. The van der Waals surface area contributed by atoms with E-state index in [0.29, 0.717) is 0 Å². The second-order valence-corrected chi connectivity index (χ2v) is 18.9. The summed E-state index contributed by atoms with van der Waals surface area (Å²) in [5.74, 6) is 1.76. The molecule has 0 aromatic heterocycles. The summed E-state index contributed by atoms with van der Waals surface area (Å²) in [6, 6.07) is 86.8. The molecule has 0 radical (unpaired) electrons. The molecule has 2 aliphatic heterocycles. The van der Waals surface area contributed by atoms with Gasteiger partial charge >= 0.3 is 0 Å². The van der Waals surface area contributed by atoms with Crippen molar-refractivity contribution < 1.29 is 4.74 Å². The third-order valence-electron chi connectivity index (χ3n) is 12.3. The quantitative estimate of drug-likeness (QED) is 0.157. The lowest BCUT2D eigenvalue weighted by Crippen LogP contribution is -2.79. The van der Waals surface area contributed by atoms with Crippen molar-refractivity contribution in [2.24, 2.45) is 0 Å². The Bertz CT molecular complexity index is 2820. The van der Waals surface area contributed by atoms with Crippen LogP contribution in [-0.4, -0.2) is 8.07 Å². The molecule has 0 saturated heterocycles. The highest BCUT2D eigenvalue weighted by Crippen LogP contribution is 2.57. The first-order valence-corrected chi connectivity index (χ1v) is 22.0. The van der Waals surface area contributed by atoms with Crippen molar-refractivity contribution in [2.45, 2.75) is 5.41 Å². The molecular weight excluding hydrogens is 719 g/mol. The van der Waals surface area contributed by atoms with E-state index in [2.05, 4.69) is 241 Å². The molecule has 11 rings (SSSR count). The van der Waals surface area contributed by atoms with Gasteiger partial charge in [-0.25, -0.2) is 0 Å². The number of hydrogen-bond donors (Lipinski definition) is 0. The van der Waals surface area contributed by atoms with Gasteiger partial charge in [0.25, 0.3) is 0 Å². The van der Waals surface area contributed by atoms with Gasteiger partial charge in [-0.3, -0.25) is 0 Å². The number of benzene rings is 9. The fourth-order valence-corrected chi connectivity index (χ4v) is 15.2. The Labute approximate surface area is 340 Å². The molecule has 0 aliphatic carbocycles. The molecule has 9 aromatic rings. The average Bonchev–Trinajstić information content (AvgIpc) is 3.31. The summed E-state index contributed by atoms with van der Waals surface area (Å²) in [7, 11) is -2.85. The summed E-state index contributed by atoms with van der Waals surface area (Å²) in [6.45, 7) is 0. The molecule has 0 amide bonds. The average molecular weight is 758 g/mol. The van der Waals surface area contributed by atoms with E-state index < -0.39 is 13.5 Å². The first kappa shape index (κ1) is 34.1. The summed E-state index contributed by atoms with van der Waals surface area (Å²) in [5.41, 5.74) is 9.85. The van der Waals surface area contributed by atoms with Gasteiger partial charge in [0.15, 0.2) is 8.07 Å². The fraction of sp³-hybridized carbons (Fsp3) is 0.0182. The molecule has 58 heavy (non-hydrogen) atoms. The van der Waals surface area contributed by atoms with Crippen molar-refractivity contribution >= 4 is 45.9 Å². The Morgan fingerprint density at radius 1 is 0.328 bits per heavy atom. The van der Waals surface area contributed by atoms with Crippen molar-refractivity contribution in [1.29, 1.82) is 0 Å². The highest BCUT2D eigenvalue weighted by Gasteiger charge is 2.57. The van der Waals surface area contributed by atoms with E-state index in [-0.39, 0.29) is 0 Å². The standard InChI is InChI=1S/C55H39NOSi/c1-5-19-40(20-6-1)41-33-35-43(36-34-41)56(42-21-7-2-8-22-42)44-37-38-52-50(39-44)55(47-27-13-16-30-51(47)57-52)48-28-14-17-31-53(48)58(45-23-9-3-10-24-45,46-25-11-4-12-26-46)54-32-18-15-29-49(54)55/h1-39H. The molecule has 0 N–H and O–H groups in total. The Morgan fingerprint density at radius 3 is 1.36 bits per heavy atom. The molecule has 0 bridgehead atoms. The number of para-hydroxylation sites is 2. The number of ether oxygens (including phenoxy) is 1. The van der Waals surface area contributed by atoms with Crippen LogP contribution in [0.15, 0.2) is 237 Å². The molecule has 1 spiro atoms. The minimum Gasteiger partial charge on any atom is -0.457 e. The third-order valence-corrected chi connectivity index (χ3v) is 17.2. The normalized spacial score (nSPS) is 13.9. The lowest BCUT2D eigenvalue weighted by molar-refractivity contribution is 0.435. The van der Waals surface area contributed by atoms with E-state index >= 15 is 0 Å². The van der Waals surface area contributed by atoms with E-state index in [9.17, 15) is 0 Å². The SMILES string of the molecule is c1ccc(-c2ccc(N(c3ccccc3)c3ccc4c(c3)C3(c5ccccc5O4)c4ccccc4[Si](c4ccccc4)(c4ccccc4)c4ccccc43)cc2)cc1. The maximum absolute atomic E-state index is 6.96. The summed E-state index contributed by atoms with van der Waals surface area (Å²) in [5, 5.41) is 5.55. The topological polar surface area (TPSA) is 12.5 Å². The smallest absolute Gasteiger partial charge is 0.180 e. The van der Waals surface area contributed by atoms with Gasteiger partial charge in [-0.15, -0.1) is 0 Å². The zero-order valence-electron chi connectivity index (χ0n) is 31.9.